The molecule has 4 heteroatoms. The average molecular weight is 268 g/mol. The van der Waals surface area contributed by atoms with Gasteiger partial charge in [-0.05, 0) is 17.7 Å². The Hall–Kier alpha value is -0.870. The number of hydrogen-bond donors (Lipinski definition) is 0. The Labute approximate surface area is 96.1 Å². The van der Waals surface area contributed by atoms with Gasteiger partial charge in [-0.25, -0.2) is 0 Å². The number of benzene rings is 1. The Morgan fingerprint density at radius 1 is 1.53 bits per heavy atom. The molecule has 15 heavy (non-hydrogen) atoms. The minimum atomic E-state index is 0.127. The fraction of sp³-hybridized carbons (Fsp3) is 0.364. The maximum atomic E-state index is 12.0. The third kappa shape index (κ3) is 1.58. The topological polar surface area (TPSA) is 32.8 Å². The van der Waals surface area contributed by atoms with Gasteiger partial charge in [0.1, 0.15) is 0 Å². The van der Waals surface area contributed by atoms with Crippen molar-refractivity contribution < 1.29 is 9.53 Å². The molecule has 2 aliphatic heterocycles. The van der Waals surface area contributed by atoms with Crippen LogP contribution in [0.5, 0.6) is 0 Å². The summed E-state index contributed by atoms with van der Waals surface area (Å²) in [6.45, 7) is 2.22. The van der Waals surface area contributed by atoms with Crippen molar-refractivity contribution in [1.82, 2.24) is 4.90 Å². The van der Waals surface area contributed by atoms with Gasteiger partial charge in [-0.3, -0.25) is 4.79 Å². The van der Waals surface area contributed by atoms with Gasteiger partial charge >= 0.3 is 0 Å². The number of nitrogens with zero attached hydrogens (tertiary/aromatic N) is 1. The van der Waals surface area contributed by atoms with Crippen LogP contribution in [0.2, 0.25) is 0 Å². The molecule has 0 saturated carbocycles. The molecule has 1 aromatic rings. The highest BCUT2D eigenvalue weighted by molar-refractivity contribution is 9.10. The highest BCUT2D eigenvalue weighted by atomic mass is 79.9. The van der Waals surface area contributed by atoms with Crippen molar-refractivity contribution in [3.8, 4) is 0 Å². The van der Waals surface area contributed by atoms with Gasteiger partial charge in [-0.2, -0.15) is 0 Å². The Bertz CT molecular complexity index is 429. The highest BCUT2D eigenvalue weighted by Gasteiger charge is 2.33. The molecule has 1 amide bonds. The summed E-state index contributed by atoms with van der Waals surface area (Å²) < 4.78 is 6.16. The van der Waals surface area contributed by atoms with Crippen molar-refractivity contribution in [2.75, 3.05) is 13.2 Å². The van der Waals surface area contributed by atoms with Crippen LogP contribution in [0.25, 0.3) is 0 Å². The van der Waals surface area contributed by atoms with Crippen LogP contribution >= 0.6 is 15.9 Å². The fourth-order valence-corrected chi connectivity index (χ4v) is 2.41. The molecule has 0 aliphatic carbocycles. The van der Waals surface area contributed by atoms with Crippen molar-refractivity contribution in [1.29, 1.82) is 0 Å². The standard InChI is InChI=1S/C11H10BrNO2/c12-10-3-1-2-8-9(10)5-13(11(8)14)4-7-6-15-7/h1-3,7H,4-6H2. The van der Waals surface area contributed by atoms with Crippen molar-refractivity contribution >= 4 is 21.8 Å². The molecule has 0 spiro atoms. The Morgan fingerprint density at radius 3 is 3.00 bits per heavy atom. The van der Waals surface area contributed by atoms with E-state index >= 15 is 0 Å². The summed E-state index contributed by atoms with van der Waals surface area (Å²) in [6.07, 6.45) is 0.266. The lowest BCUT2D eigenvalue weighted by Gasteiger charge is -2.13. The molecule has 1 aromatic carbocycles. The molecular weight excluding hydrogens is 258 g/mol. The highest BCUT2D eigenvalue weighted by Crippen LogP contribution is 2.30. The average Bonchev–Trinajstić information content (AvgIpc) is 2.97. The molecule has 1 fully saturated rings. The van der Waals surface area contributed by atoms with Gasteiger partial charge in [-0.15, -0.1) is 0 Å². The summed E-state index contributed by atoms with van der Waals surface area (Å²) in [5.41, 5.74) is 1.92. The third-order valence-corrected chi connectivity index (χ3v) is 3.55. The van der Waals surface area contributed by atoms with Gasteiger partial charge in [0.25, 0.3) is 5.91 Å². The van der Waals surface area contributed by atoms with Crippen LogP contribution in [0.15, 0.2) is 22.7 Å². The van der Waals surface area contributed by atoms with E-state index in [1.54, 1.807) is 0 Å². The van der Waals surface area contributed by atoms with E-state index in [0.29, 0.717) is 6.54 Å². The van der Waals surface area contributed by atoms with Crippen LogP contribution in [-0.2, 0) is 11.3 Å². The number of epoxide rings is 1. The molecule has 1 unspecified atom stereocenters. The van der Waals surface area contributed by atoms with Crippen molar-refractivity contribution in [2.45, 2.75) is 12.6 Å². The van der Waals surface area contributed by atoms with E-state index in [2.05, 4.69) is 15.9 Å². The van der Waals surface area contributed by atoms with Crippen LogP contribution in [-0.4, -0.2) is 30.1 Å². The summed E-state index contributed by atoms with van der Waals surface area (Å²) in [6, 6.07) is 5.76. The van der Waals surface area contributed by atoms with Crippen molar-refractivity contribution in [3.63, 3.8) is 0 Å². The smallest absolute Gasteiger partial charge is 0.254 e. The number of amides is 1. The first-order valence-corrected chi connectivity index (χ1v) is 5.73. The second-order valence-corrected chi connectivity index (χ2v) is 4.76. The quantitative estimate of drug-likeness (QED) is 0.766. The molecule has 2 aliphatic rings. The fourth-order valence-electron chi connectivity index (χ4n) is 1.92. The zero-order valence-electron chi connectivity index (χ0n) is 8.07. The van der Waals surface area contributed by atoms with Crippen LogP contribution in [0.1, 0.15) is 15.9 Å². The minimum Gasteiger partial charge on any atom is -0.371 e. The molecule has 0 aromatic heterocycles. The van der Waals surface area contributed by atoms with Gasteiger partial charge in [0.2, 0.25) is 0 Å². The number of carbonyl (C=O) groups excluding carboxylic acids is 1. The Morgan fingerprint density at radius 2 is 2.33 bits per heavy atom. The van der Waals surface area contributed by atoms with Crippen LogP contribution < -0.4 is 0 Å². The first-order valence-electron chi connectivity index (χ1n) is 4.94. The first-order chi connectivity index (χ1) is 7.25. The predicted octanol–water partition coefficient (Wildman–Crippen LogP) is 1.80. The molecular formula is C11H10BrNO2. The van der Waals surface area contributed by atoms with E-state index in [9.17, 15) is 4.79 Å². The summed E-state index contributed by atoms with van der Waals surface area (Å²) in [5, 5.41) is 0. The molecule has 2 heterocycles. The third-order valence-electron chi connectivity index (χ3n) is 2.81. The molecule has 0 N–H and O–H groups in total. The summed E-state index contributed by atoms with van der Waals surface area (Å²) in [5.74, 6) is 0.127. The molecule has 1 saturated heterocycles. The van der Waals surface area contributed by atoms with Gasteiger partial charge in [0, 0.05) is 23.1 Å². The maximum absolute atomic E-state index is 12.0. The predicted molar refractivity (Wildman–Crippen MR) is 58.6 cm³/mol. The summed E-state index contributed by atoms with van der Waals surface area (Å²) >= 11 is 3.47. The van der Waals surface area contributed by atoms with Gasteiger partial charge in [-0.1, -0.05) is 22.0 Å². The Balaban J connectivity index is 1.90. The van der Waals surface area contributed by atoms with Gasteiger partial charge in [0.05, 0.1) is 12.7 Å². The molecule has 3 rings (SSSR count). The lowest BCUT2D eigenvalue weighted by molar-refractivity contribution is 0.0766. The van der Waals surface area contributed by atoms with E-state index in [-0.39, 0.29) is 12.0 Å². The number of fused-ring (bicyclic) bond motifs is 1. The molecule has 1 atom stereocenters. The zero-order chi connectivity index (χ0) is 10.4. The second-order valence-electron chi connectivity index (χ2n) is 3.91. The molecule has 3 nitrogen and oxygen atoms in total. The van der Waals surface area contributed by atoms with Gasteiger partial charge in [0.15, 0.2) is 0 Å². The monoisotopic (exact) mass is 267 g/mol. The first kappa shape index (κ1) is 9.36. The van der Waals surface area contributed by atoms with Crippen LogP contribution in [0, 0.1) is 0 Å². The summed E-state index contributed by atoms with van der Waals surface area (Å²) in [7, 11) is 0. The number of rotatable bonds is 2. The van der Waals surface area contributed by atoms with Crippen LogP contribution in [0.4, 0.5) is 0 Å². The lowest BCUT2D eigenvalue weighted by atomic mass is 10.1. The minimum absolute atomic E-state index is 0.127. The van der Waals surface area contributed by atoms with E-state index in [4.69, 9.17) is 4.74 Å². The SMILES string of the molecule is O=C1c2cccc(Br)c2CN1CC1CO1. The van der Waals surface area contributed by atoms with Crippen molar-refractivity contribution in [3.05, 3.63) is 33.8 Å². The lowest BCUT2D eigenvalue weighted by Crippen LogP contribution is -2.28. The van der Waals surface area contributed by atoms with Crippen LogP contribution in [0.3, 0.4) is 0 Å². The maximum Gasteiger partial charge on any atom is 0.254 e. The number of halogens is 1. The van der Waals surface area contributed by atoms with E-state index in [1.165, 1.54) is 0 Å². The normalized spacial score (nSPS) is 23.1. The molecule has 0 radical (unpaired) electrons. The van der Waals surface area contributed by atoms with Crippen molar-refractivity contribution in [2.24, 2.45) is 0 Å². The summed E-state index contributed by atoms with van der Waals surface area (Å²) in [4.78, 5) is 13.8. The largest absolute Gasteiger partial charge is 0.371 e. The Kier molecular flexibility index (Phi) is 2.07. The molecule has 78 valence electrons. The number of ether oxygens (including phenoxy) is 1. The molecule has 0 bridgehead atoms. The van der Waals surface area contributed by atoms with Gasteiger partial charge < -0.3 is 9.64 Å². The van der Waals surface area contributed by atoms with E-state index in [0.717, 1.165) is 28.8 Å². The van der Waals surface area contributed by atoms with E-state index < -0.39 is 0 Å². The number of hydrogen-bond acceptors (Lipinski definition) is 2. The van der Waals surface area contributed by atoms with E-state index in [1.807, 2.05) is 23.1 Å². The number of carbonyl (C=O) groups is 1. The zero-order valence-corrected chi connectivity index (χ0v) is 9.66. The second kappa shape index (κ2) is 3.32.